The second kappa shape index (κ2) is 8.52. The van der Waals surface area contributed by atoms with Crippen LogP contribution in [0.25, 0.3) is 0 Å². The lowest BCUT2D eigenvalue weighted by Crippen LogP contribution is -2.54. The summed E-state index contributed by atoms with van der Waals surface area (Å²) in [6.45, 7) is 6.60. The summed E-state index contributed by atoms with van der Waals surface area (Å²) in [7, 11) is 0. The molecule has 0 spiro atoms. The molecule has 0 aromatic heterocycles. The highest BCUT2D eigenvalue weighted by Crippen LogP contribution is 2.29. The number of carbonyl (C=O) groups is 2. The standard InChI is InChI=1S/C22H31N3O3/c1-17-15-24(19-7-8-19)13-14-25(17)22(27)18-5-9-20(10-6-18)28-16-21(26)23-11-3-2-4-12-23/h5-6,9-10,17,19H,2-4,7-8,11-16H2,1H3. The van der Waals surface area contributed by atoms with Gasteiger partial charge in [0.05, 0.1) is 0 Å². The largest absolute Gasteiger partial charge is 0.484 e. The lowest BCUT2D eigenvalue weighted by atomic mass is 10.1. The van der Waals surface area contributed by atoms with Crippen LogP contribution in [0.3, 0.4) is 0 Å². The molecule has 2 amide bonds. The first-order valence-electron chi connectivity index (χ1n) is 10.7. The van der Waals surface area contributed by atoms with Gasteiger partial charge in [-0.1, -0.05) is 0 Å². The van der Waals surface area contributed by atoms with Gasteiger partial charge >= 0.3 is 0 Å². The lowest BCUT2D eigenvalue weighted by molar-refractivity contribution is -0.134. The maximum Gasteiger partial charge on any atom is 0.260 e. The molecular formula is C22H31N3O3. The van der Waals surface area contributed by atoms with Crippen molar-refractivity contribution in [2.45, 2.75) is 51.1 Å². The minimum absolute atomic E-state index is 0.0437. The number of amides is 2. The first-order valence-corrected chi connectivity index (χ1v) is 10.7. The van der Waals surface area contributed by atoms with Gasteiger partial charge in [-0.05, 0) is 63.3 Å². The highest BCUT2D eigenvalue weighted by molar-refractivity contribution is 5.94. The van der Waals surface area contributed by atoms with Crippen LogP contribution in [0.15, 0.2) is 24.3 Å². The number of nitrogens with zero attached hydrogens (tertiary/aromatic N) is 3. The molecule has 1 atom stereocenters. The predicted molar refractivity (Wildman–Crippen MR) is 107 cm³/mol. The number of rotatable bonds is 5. The molecule has 1 aliphatic carbocycles. The van der Waals surface area contributed by atoms with Gasteiger partial charge in [0.25, 0.3) is 11.8 Å². The van der Waals surface area contributed by atoms with E-state index in [1.54, 1.807) is 12.1 Å². The smallest absolute Gasteiger partial charge is 0.260 e. The number of hydrogen-bond acceptors (Lipinski definition) is 4. The van der Waals surface area contributed by atoms with E-state index in [1.807, 2.05) is 21.9 Å². The van der Waals surface area contributed by atoms with Crippen molar-refractivity contribution < 1.29 is 14.3 Å². The summed E-state index contributed by atoms with van der Waals surface area (Å²) >= 11 is 0. The van der Waals surface area contributed by atoms with Crippen LogP contribution in [0.2, 0.25) is 0 Å². The summed E-state index contributed by atoms with van der Waals surface area (Å²) in [5.74, 6) is 0.759. The van der Waals surface area contributed by atoms with Crippen molar-refractivity contribution >= 4 is 11.8 Å². The van der Waals surface area contributed by atoms with Crippen molar-refractivity contribution in [2.75, 3.05) is 39.3 Å². The lowest BCUT2D eigenvalue weighted by Gasteiger charge is -2.40. The summed E-state index contributed by atoms with van der Waals surface area (Å²) in [6.07, 6.45) is 5.98. The van der Waals surface area contributed by atoms with E-state index in [0.29, 0.717) is 11.3 Å². The SMILES string of the molecule is CC1CN(C2CC2)CCN1C(=O)c1ccc(OCC(=O)N2CCCCC2)cc1. The number of benzene rings is 1. The van der Waals surface area contributed by atoms with Crippen molar-refractivity contribution in [3.05, 3.63) is 29.8 Å². The quantitative estimate of drug-likeness (QED) is 0.781. The van der Waals surface area contributed by atoms with E-state index in [4.69, 9.17) is 4.74 Å². The molecule has 2 heterocycles. The topological polar surface area (TPSA) is 53.1 Å². The Morgan fingerprint density at radius 2 is 1.71 bits per heavy atom. The molecule has 28 heavy (non-hydrogen) atoms. The fourth-order valence-electron chi connectivity index (χ4n) is 4.30. The normalized spacial score (nSPS) is 23.5. The Labute approximate surface area is 167 Å². The van der Waals surface area contributed by atoms with E-state index >= 15 is 0 Å². The molecule has 2 aliphatic heterocycles. The Balaban J connectivity index is 1.28. The van der Waals surface area contributed by atoms with Crippen molar-refractivity contribution in [2.24, 2.45) is 0 Å². The molecule has 1 aromatic rings. The molecule has 3 fully saturated rings. The van der Waals surface area contributed by atoms with Gasteiger partial charge in [-0.3, -0.25) is 14.5 Å². The third kappa shape index (κ3) is 4.49. The summed E-state index contributed by atoms with van der Waals surface area (Å²) in [5, 5.41) is 0. The van der Waals surface area contributed by atoms with E-state index in [1.165, 1.54) is 19.3 Å². The van der Waals surface area contributed by atoms with Gasteiger partial charge in [0.15, 0.2) is 6.61 Å². The molecule has 1 saturated carbocycles. The van der Waals surface area contributed by atoms with Gasteiger partial charge < -0.3 is 14.5 Å². The van der Waals surface area contributed by atoms with E-state index in [-0.39, 0.29) is 24.5 Å². The third-order valence-corrected chi connectivity index (χ3v) is 6.16. The summed E-state index contributed by atoms with van der Waals surface area (Å²) in [5.41, 5.74) is 0.682. The summed E-state index contributed by atoms with van der Waals surface area (Å²) < 4.78 is 5.65. The van der Waals surface area contributed by atoms with E-state index in [9.17, 15) is 9.59 Å². The van der Waals surface area contributed by atoms with Crippen molar-refractivity contribution in [3.63, 3.8) is 0 Å². The van der Waals surface area contributed by atoms with E-state index in [2.05, 4.69) is 11.8 Å². The number of piperidine rings is 1. The van der Waals surface area contributed by atoms with Gasteiger partial charge in [-0.25, -0.2) is 0 Å². The Hall–Kier alpha value is -2.08. The average molecular weight is 386 g/mol. The molecular weight excluding hydrogens is 354 g/mol. The maximum absolute atomic E-state index is 12.9. The van der Waals surface area contributed by atoms with Gasteiger partial charge in [0.1, 0.15) is 5.75 Å². The highest BCUT2D eigenvalue weighted by Gasteiger charge is 2.35. The van der Waals surface area contributed by atoms with E-state index in [0.717, 1.165) is 51.6 Å². The molecule has 1 aromatic carbocycles. The van der Waals surface area contributed by atoms with Crippen LogP contribution in [0.1, 0.15) is 49.4 Å². The van der Waals surface area contributed by atoms with Crippen LogP contribution in [-0.2, 0) is 4.79 Å². The zero-order chi connectivity index (χ0) is 19.5. The monoisotopic (exact) mass is 385 g/mol. The molecule has 4 rings (SSSR count). The first-order chi connectivity index (χ1) is 13.6. The first kappa shape index (κ1) is 19.2. The number of carbonyl (C=O) groups excluding carboxylic acids is 2. The van der Waals surface area contributed by atoms with Crippen LogP contribution >= 0.6 is 0 Å². The highest BCUT2D eigenvalue weighted by atomic mass is 16.5. The number of piperazine rings is 1. The van der Waals surface area contributed by atoms with Gasteiger partial charge in [-0.2, -0.15) is 0 Å². The molecule has 2 saturated heterocycles. The summed E-state index contributed by atoms with van der Waals surface area (Å²) in [4.78, 5) is 31.5. The van der Waals surface area contributed by atoms with Crippen LogP contribution in [0, 0.1) is 0 Å². The number of hydrogen-bond donors (Lipinski definition) is 0. The van der Waals surface area contributed by atoms with Crippen LogP contribution < -0.4 is 4.74 Å². The van der Waals surface area contributed by atoms with Crippen molar-refractivity contribution in [3.8, 4) is 5.75 Å². The van der Waals surface area contributed by atoms with Crippen molar-refractivity contribution in [1.82, 2.24) is 14.7 Å². The Morgan fingerprint density at radius 3 is 2.36 bits per heavy atom. The third-order valence-electron chi connectivity index (χ3n) is 6.16. The second-order valence-electron chi connectivity index (χ2n) is 8.33. The molecule has 0 bridgehead atoms. The number of ether oxygens (including phenoxy) is 1. The molecule has 1 unspecified atom stereocenters. The maximum atomic E-state index is 12.9. The molecule has 0 radical (unpaired) electrons. The van der Waals surface area contributed by atoms with Gasteiger partial charge in [0.2, 0.25) is 0 Å². The van der Waals surface area contributed by atoms with Gasteiger partial charge in [-0.15, -0.1) is 0 Å². The Morgan fingerprint density at radius 1 is 1.00 bits per heavy atom. The fraction of sp³-hybridized carbons (Fsp3) is 0.636. The molecule has 6 nitrogen and oxygen atoms in total. The fourth-order valence-corrected chi connectivity index (χ4v) is 4.30. The molecule has 6 heteroatoms. The second-order valence-corrected chi connectivity index (χ2v) is 8.33. The van der Waals surface area contributed by atoms with Crippen LogP contribution in [0.5, 0.6) is 5.75 Å². The zero-order valence-corrected chi connectivity index (χ0v) is 16.8. The van der Waals surface area contributed by atoms with Gasteiger partial charge in [0, 0.05) is 50.4 Å². The molecule has 0 N–H and O–H groups in total. The average Bonchev–Trinajstić information content (AvgIpc) is 3.58. The number of likely N-dealkylation sites (tertiary alicyclic amines) is 1. The molecule has 152 valence electrons. The van der Waals surface area contributed by atoms with Crippen LogP contribution in [-0.4, -0.2) is 77.9 Å². The minimum Gasteiger partial charge on any atom is -0.484 e. The van der Waals surface area contributed by atoms with Crippen molar-refractivity contribution in [1.29, 1.82) is 0 Å². The zero-order valence-electron chi connectivity index (χ0n) is 16.8. The summed E-state index contributed by atoms with van der Waals surface area (Å²) in [6, 6.07) is 8.19. The minimum atomic E-state index is 0.0437. The molecule has 3 aliphatic rings. The Kier molecular flexibility index (Phi) is 5.85. The predicted octanol–water partition coefficient (Wildman–Crippen LogP) is 2.39. The van der Waals surface area contributed by atoms with Crippen LogP contribution in [0.4, 0.5) is 0 Å². The Bertz CT molecular complexity index is 695. The van der Waals surface area contributed by atoms with E-state index < -0.39 is 0 Å².